The highest BCUT2D eigenvalue weighted by Gasteiger charge is 2.36. The van der Waals surface area contributed by atoms with E-state index in [1.54, 1.807) is 6.26 Å². The molecule has 1 aromatic rings. The van der Waals surface area contributed by atoms with Gasteiger partial charge in [0.15, 0.2) is 0 Å². The molecule has 0 spiro atoms. The van der Waals surface area contributed by atoms with Crippen LogP contribution in [0.15, 0.2) is 22.8 Å². The minimum absolute atomic E-state index is 0.0482. The van der Waals surface area contributed by atoms with Crippen molar-refractivity contribution in [2.24, 2.45) is 0 Å². The molecule has 92 valence electrons. The summed E-state index contributed by atoms with van der Waals surface area (Å²) in [6.45, 7) is 6.99. The Morgan fingerprint density at radius 2 is 2.47 bits per heavy atom. The second-order valence-corrected chi connectivity index (χ2v) is 5.17. The second-order valence-electron chi connectivity index (χ2n) is 5.17. The summed E-state index contributed by atoms with van der Waals surface area (Å²) in [6, 6.07) is 6.42. The van der Waals surface area contributed by atoms with Crippen LogP contribution < -0.4 is 5.32 Å². The van der Waals surface area contributed by atoms with Crippen LogP contribution in [0.1, 0.15) is 26.0 Å². The molecule has 1 aliphatic heterocycles. The molecule has 0 aliphatic carbocycles. The predicted octanol–water partition coefficient (Wildman–Crippen LogP) is 1.75. The zero-order valence-electron chi connectivity index (χ0n) is 10.4. The van der Waals surface area contributed by atoms with E-state index < -0.39 is 0 Å². The van der Waals surface area contributed by atoms with E-state index in [0.717, 1.165) is 25.4 Å². The SMILES string of the molecule is CC1(C)CNCC(CC#N)N1Cc1ccco1. The molecule has 1 unspecified atom stereocenters. The summed E-state index contributed by atoms with van der Waals surface area (Å²) in [5.41, 5.74) is 0.0482. The molecule has 0 radical (unpaired) electrons. The lowest BCUT2D eigenvalue weighted by atomic mass is 9.95. The fraction of sp³-hybridized carbons (Fsp3) is 0.615. The van der Waals surface area contributed by atoms with Crippen LogP contribution in [-0.4, -0.2) is 29.6 Å². The number of nitrogens with one attached hydrogen (secondary N) is 1. The van der Waals surface area contributed by atoms with Crippen molar-refractivity contribution < 1.29 is 4.42 Å². The van der Waals surface area contributed by atoms with Gasteiger partial charge in [-0.05, 0) is 26.0 Å². The van der Waals surface area contributed by atoms with Crippen molar-refractivity contribution in [3.8, 4) is 6.07 Å². The maximum absolute atomic E-state index is 8.90. The van der Waals surface area contributed by atoms with Crippen molar-refractivity contribution in [3.63, 3.8) is 0 Å². The Kier molecular flexibility index (Phi) is 3.51. The van der Waals surface area contributed by atoms with E-state index in [4.69, 9.17) is 9.68 Å². The topological polar surface area (TPSA) is 52.2 Å². The molecular weight excluding hydrogens is 214 g/mol. The first-order valence-electron chi connectivity index (χ1n) is 6.00. The molecule has 17 heavy (non-hydrogen) atoms. The summed E-state index contributed by atoms with van der Waals surface area (Å²) in [6.07, 6.45) is 2.25. The summed E-state index contributed by atoms with van der Waals surface area (Å²) in [5, 5.41) is 12.3. The van der Waals surface area contributed by atoms with Crippen LogP contribution in [0.25, 0.3) is 0 Å². The van der Waals surface area contributed by atoms with Gasteiger partial charge in [0.1, 0.15) is 5.76 Å². The van der Waals surface area contributed by atoms with Crippen molar-refractivity contribution in [2.45, 2.75) is 38.4 Å². The van der Waals surface area contributed by atoms with Crippen LogP contribution in [0, 0.1) is 11.3 Å². The average Bonchev–Trinajstić information content (AvgIpc) is 2.76. The highest BCUT2D eigenvalue weighted by molar-refractivity contribution is 5.03. The van der Waals surface area contributed by atoms with Gasteiger partial charge in [0.2, 0.25) is 0 Å². The molecule has 4 nitrogen and oxygen atoms in total. The lowest BCUT2D eigenvalue weighted by molar-refractivity contribution is 0.0253. The number of hydrogen-bond donors (Lipinski definition) is 1. The highest BCUT2D eigenvalue weighted by atomic mass is 16.3. The number of piperazine rings is 1. The van der Waals surface area contributed by atoms with Gasteiger partial charge in [-0.15, -0.1) is 0 Å². The molecule has 2 heterocycles. The number of hydrogen-bond acceptors (Lipinski definition) is 4. The normalized spacial score (nSPS) is 24.4. The van der Waals surface area contributed by atoms with Gasteiger partial charge in [-0.3, -0.25) is 4.90 Å². The fourth-order valence-electron chi connectivity index (χ4n) is 2.45. The molecule has 1 aliphatic rings. The number of furan rings is 1. The quantitative estimate of drug-likeness (QED) is 0.864. The van der Waals surface area contributed by atoms with Gasteiger partial charge in [0.05, 0.1) is 25.3 Å². The van der Waals surface area contributed by atoms with Crippen LogP contribution in [0.5, 0.6) is 0 Å². The molecule has 1 N–H and O–H groups in total. The van der Waals surface area contributed by atoms with E-state index >= 15 is 0 Å². The van der Waals surface area contributed by atoms with E-state index in [9.17, 15) is 0 Å². The van der Waals surface area contributed by atoms with E-state index in [1.807, 2.05) is 12.1 Å². The molecule has 0 amide bonds. The van der Waals surface area contributed by atoms with E-state index in [0.29, 0.717) is 6.42 Å². The summed E-state index contributed by atoms with van der Waals surface area (Å²) < 4.78 is 5.41. The van der Waals surface area contributed by atoms with Crippen LogP contribution in [-0.2, 0) is 6.54 Å². The van der Waals surface area contributed by atoms with Gasteiger partial charge >= 0.3 is 0 Å². The molecule has 0 saturated carbocycles. The third kappa shape index (κ3) is 2.68. The van der Waals surface area contributed by atoms with Gasteiger partial charge in [-0.1, -0.05) is 0 Å². The van der Waals surface area contributed by atoms with Crippen LogP contribution in [0.2, 0.25) is 0 Å². The first kappa shape index (κ1) is 12.2. The van der Waals surface area contributed by atoms with Gasteiger partial charge in [0.25, 0.3) is 0 Å². The van der Waals surface area contributed by atoms with Crippen molar-refractivity contribution in [1.29, 1.82) is 5.26 Å². The number of nitrogens with zero attached hydrogens (tertiary/aromatic N) is 2. The Morgan fingerprint density at radius 1 is 1.65 bits per heavy atom. The number of nitriles is 1. The number of rotatable bonds is 3. The zero-order valence-corrected chi connectivity index (χ0v) is 10.4. The van der Waals surface area contributed by atoms with Gasteiger partial charge in [-0.25, -0.2) is 0 Å². The van der Waals surface area contributed by atoms with Crippen molar-refractivity contribution in [1.82, 2.24) is 10.2 Å². The van der Waals surface area contributed by atoms with E-state index in [-0.39, 0.29) is 11.6 Å². The summed E-state index contributed by atoms with van der Waals surface area (Å²) >= 11 is 0. The summed E-state index contributed by atoms with van der Waals surface area (Å²) in [4.78, 5) is 2.37. The van der Waals surface area contributed by atoms with Gasteiger partial charge in [0, 0.05) is 24.7 Å². The Balaban J connectivity index is 2.14. The maximum atomic E-state index is 8.90. The highest BCUT2D eigenvalue weighted by Crippen LogP contribution is 2.25. The molecule has 0 bridgehead atoms. The Labute approximate surface area is 102 Å². The molecule has 4 heteroatoms. The molecule has 0 aromatic carbocycles. The van der Waals surface area contributed by atoms with Crippen LogP contribution in [0.3, 0.4) is 0 Å². The molecule has 1 saturated heterocycles. The minimum atomic E-state index is 0.0482. The minimum Gasteiger partial charge on any atom is -0.468 e. The third-order valence-electron chi connectivity index (χ3n) is 3.39. The summed E-state index contributed by atoms with van der Waals surface area (Å²) in [5.74, 6) is 0.961. The lowest BCUT2D eigenvalue weighted by Crippen LogP contribution is -2.62. The van der Waals surface area contributed by atoms with Gasteiger partial charge in [-0.2, -0.15) is 5.26 Å². The van der Waals surface area contributed by atoms with Crippen molar-refractivity contribution >= 4 is 0 Å². The van der Waals surface area contributed by atoms with Crippen molar-refractivity contribution in [2.75, 3.05) is 13.1 Å². The lowest BCUT2D eigenvalue weighted by Gasteiger charge is -2.47. The van der Waals surface area contributed by atoms with Gasteiger partial charge < -0.3 is 9.73 Å². The van der Waals surface area contributed by atoms with E-state index in [1.165, 1.54) is 0 Å². The largest absolute Gasteiger partial charge is 0.468 e. The first-order valence-corrected chi connectivity index (χ1v) is 6.00. The molecule has 1 aromatic heterocycles. The maximum Gasteiger partial charge on any atom is 0.117 e. The van der Waals surface area contributed by atoms with E-state index in [2.05, 4.69) is 30.1 Å². The Bertz CT molecular complexity index is 391. The van der Waals surface area contributed by atoms with Crippen LogP contribution in [0.4, 0.5) is 0 Å². The smallest absolute Gasteiger partial charge is 0.117 e. The fourth-order valence-corrected chi connectivity index (χ4v) is 2.45. The third-order valence-corrected chi connectivity index (χ3v) is 3.39. The molecule has 1 atom stereocenters. The van der Waals surface area contributed by atoms with Crippen LogP contribution >= 0.6 is 0 Å². The molecular formula is C13H19N3O. The molecule has 1 fully saturated rings. The standard InChI is InChI=1S/C13H19N3O/c1-13(2)10-15-8-11(5-6-14)16(13)9-12-4-3-7-17-12/h3-4,7,11,15H,5,8-10H2,1-2H3. The monoisotopic (exact) mass is 233 g/mol. The predicted molar refractivity (Wildman–Crippen MR) is 65.2 cm³/mol. The first-order chi connectivity index (χ1) is 8.13. The molecule has 2 rings (SSSR count). The van der Waals surface area contributed by atoms with Crippen molar-refractivity contribution in [3.05, 3.63) is 24.2 Å². The Hall–Kier alpha value is -1.31. The second kappa shape index (κ2) is 4.91. The average molecular weight is 233 g/mol. The zero-order chi connectivity index (χ0) is 12.3. The summed E-state index contributed by atoms with van der Waals surface area (Å²) in [7, 11) is 0. The Morgan fingerprint density at radius 3 is 3.12 bits per heavy atom.